The molecule has 0 bridgehead atoms. The van der Waals surface area contributed by atoms with E-state index < -0.39 is 11.8 Å². The highest BCUT2D eigenvalue weighted by Gasteiger charge is 2.18. The van der Waals surface area contributed by atoms with Crippen LogP contribution in [0.5, 0.6) is 0 Å². The van der Waals surface area contributed by atoms with Gasteiger partial charge in [0.05, 0.1) is 17.9 Å². The third-order valence-electron chi connectivity index (χ3n) is 3.18. The summed E-state index contributed by atoms with van der Waals surface area (Å²) in [6, 6.07) is 2.60. The molecule has 1 aromatic carbocycles. The van der Waals surface area contributed by atoms with Crippen molar-refractivity contribution in [3.05, 3.63) is 23.5 Å². The molecule has 1 unspecified atom stereocenters. The maximum atomic E-state index is 13.9. The number of carbonyl (C=O) groups excluding carboxylic acids is 1. The van der Waals surface area contributed by atoms with Gasteiger partial charge in [-0.25, -0.2) is 9.18 Å². The van der Waals surface area contributed by atoms with Gasteiger partial charge in [-0.2, -0.15) is 11.8 Å². The number of hydrogen-bond acceptors (Lipinski definition) is 5. The highest BCUT2D eigenvalue weighted by Crippen LogP contribution is 2.28. The molecule has 1 aliphatic rings. The van der Waals surface area contributed by atoms with Crippen LogP contribution in [0.4, 0.5) is 15.8 Å². The minimum absolute atomic E-state index is 0.0988. The molecule has 1 fully saturated rings. The summed E-state index contributed by atoms with van der Waals surface area (Å²) in [6.07, 6.45) is 2.34. The minimum atomic E-state index is -0.525. The zero-order valence-electron chi connectivity index (χ0n) is 11.4. The first-order valence-corrected chi connectivity index (χ1v) is 7.78. The van der Waals surface area contributed by atoms with E-state index in [0.717, 1.165) is 18.2 Å². The van der Waals surface area contributed by atoms with Gasteiger partial charge in [-0.3, -0.25) is 0 Å². The van der Waals surface area contributed by atoms with Crippen LogP contribution in [0.15, 0.2) is 12.1 Å². The summed E-state index contributed by atoms with van der Waals surface area (Å²) < 4.78 is 18.8. The summed E-state index contributed by atoms with van der Waals surface area (Å²) in [5.41, 5.74) is 6.27. The van der Waals surface area contributed by atoms with Crippen molar-refractivity contribution >= 4 is 29.1 Å². The predicted molar refractivity (Wildman–Crippen MR) is 80.7 cm³/mol. The minimum Gasteiger partial charge on any atom is -0.462 e. The SMILES string of the molecule is CCOC(=O)c1cc(NCC2CCCS2)c(F)cc1N. The van der Waals surface area contributed by atoms with E-state index in [1.165, 1.54) is 12.5 Å². The number of anilines is 2. The molecule has 2 rings (SSSR count). The topological polar surface area (TPSA) is 64.3 Å². The molecule has 0 spiro atoms. The van der Waals surface area contributed by atoms with Crippen LogP contribution in [-0.4, -0.2) is 30.1 Å². The molecule has 0 aromatic heterocycles. The largest absolute Gasteiger partial charge is 0.462 e. The Morgan fingerprint density at radius 3 is 3.05 bits per heavy atom. The van der Waals surface area contributed by atoms with Crippen LogP contribution < -0.4 is 11.1 Å². The van der Waals surface area contributed by atoms with E-state index in [9.17, 15) is 9.18 Å². The molecule has 3 N–H and O–H groups in total. The van der Waals surface area contributed by atoms with Crippen LogP contribution in [-0.2, 0) is 4.74 Å². The number of nitrogens with two attached hydrogens (primary N) is 1. The normalized spacial score (nSPS) is 18.0. The van der Waals surface area contributed by atoms with Crippen LogP contribution in [0.1, 0.15) is 30.1 Å². The fourth-order valence-corrected chi connectivity index (χ4v) is 3.34. The Bertz CT molecular complexity index is 490. The van der Waals surface area contributed by atoms with Crippen molar-refractivity contribution in [1.82, 2.24) is 0 Å². The van der Waals surface area contributed by atoms with Crippen molar-refractivity contribution in [1.29, 1.82) is 0 Å². The maximum Gasteiger partial charge on any atom is 0.340 e. The van der Waals surface area contributed by atoms with Crippen LogP contribution >= 0.6 is 11.8 Å². The molecular formula is C14H19FN2O2S. The standard InChI is InChI=1S/C14H19FN2O2S/c1-2-19-14(18)10-6-13(11(15)7-12(10)16)17-8-9-4-3-5-20-9/h6-7,9,17H,2-5,8,16H2,1H3. The molecule has 6 heteroatoms. The Morgan fingerprint density at radius 2 is 2.40 bits per heavy atom. The number of benzene rings is 1. The van der Waals surface area contributed by atoms with Gasteiger partial charge in [-0.05, 0) is 37.7 Å². The van der Waals surface area contributed by atoms with Gasteiger partial charge in [-0.15, -0.1) is 0 Å². The Hall–Kier alpha value is -1.43. The number of carbonyl (C=O) groups is 1. The van der Waals surface area contributed by atoms with Crippen molar-refractivity contribution in [3.8, 4) is 0 Å². The van der Waals surface area contributed by atoms with Crippen molar-refractivity contribution in [2.24, 2.45) is 0 Å². The fourth-order valence-electron chi connectivity index (χ4n) is 2.14. The molecule has 1 aliphatic heterocycles. The zero-order chi connectivity index (χ0) is 14.5. The van der Waals surface area contributed by atoms with Crippen LogP contribution in [0.2, 0.25) is 0 Å². The van der Waals surface area contributed by atoms with E-state index in [-0.39, 0.29) is 17.9 Å². The lowest BCUT2D eigenvalue weighted by Crippen LogP contribution is -2.16. The van der Waals surface area contributed by atoms with Crippen LogP contribution in [0, 0.1) is 5.82 Å². The monoisotopic (exact) mass is 298 g/mol. The first-order valence-electron chi connectivity index (χ1n) is 6.73. The van der Waals surface area contributed by atoms with E-state index >= 15 is 0 Å². The van der Waals surface area contributed by atoms with Crippen molar-refractivity contribution < 1.29 is 13.9 Å². The molecule has 1 saturated heterocycles. The quantitative estimate of drug-likeness (QED) is 0.646. The van der Waals surface area contributed by atoms with Gasteiger partial charge < -0.3 is 15.8 Å². The third-order valence-corrected chi connectivity index (χ3v) is 4.58. The second-order valence-electron chi connectivity index (χ2n) is 4.66. The molecule has 1 heterocycles. The summed E-state index contributed by atoms with van der Waals surface area (Å²) in [7, 11) is 0. The van der Waals surface area contributed by atoms with E-state index in [2.05, 4.69) is 5.32 Å². The van der Waals surface area contributed by atoms with Gasteiger partial charge in [0, 0.05) is 17.5 Å². The number of thioether (sulfide) groups is 1. The zero-order valence-corrected chi connectivity index (χ0v) is 12.3. The molecule has 20 heavy (non-hydrogen) atoms. The molecular weight excluding hydrogens is 279 g/mol. The summed E-state index contributed by atoms with van der Waals surface area (Å²) in [6.45, 7) is 2.67. The average Bonchev–Trinajstić information content (AvgIpc) is 2.91. The second kappa shape index (κ2) is 6.83. The summed E-state index contributed by atoms with van der Waals surface area (Å²) >= 11 is 1.89. The number of ether oxygens (including phenoxy) is 1. The number of nitrogens with one attached hydrogen (secondary N) is 1. The van der Waals surface area contributed by atoms with E-state index in [1.807, 2.05) is 11.8 Å². The third kappa shape index (κ3) is 3.56. The number of rotatable bonds is 5. The number of nitrogen functional groups attached to an aromatic ring is 1. The van der Waals surface area contributed by atoms with Crippen molar-refractivity contribution in [3.63, 3.8) is 0 Å². The van der Waals surface area contributed by atoms with E-state index in [0.29, 0.717) is 17.5 Å². The first kappa shape index (κ1) is 15.0. The van der Waals surface area contributed by atoms with Gasteiger partial charge in [0.1, 0.15) is 5.82 Å². The van der Waals surface area contributed by atoms with Crippen LogP contribution in [0.25, 0.3) is 0 Å². The fraction of sp³-hybridized carbons (Fsp3) is 0.500. The molecule has 0 aliphatic carbocycles. The maximum absolute atomic E-state index is 13.9. The second-order valence-corrected chi connectivity index (χ2v) is 6.06. The van der Waals surface area contributed by atoms with Gasteiger partial charge in [0.15, 0.2) is 0 Å². The lowest BCUT2D eigenvalue weighted by atomic mass is 10.1. The molecule has 1 aromatic rings. The van der Waals surface area contributed by atoms with Gasteiger partial charge in [0.2, 0.25) is 0 Å². The lowest BCUT2D eigenvalue weighted by molar-refractivity contribution is 0.0527. The number of halogens is 1. The van der Waals surface area contributed by atoms with Crippen LogP contribution in [0.3, 0.4) is 0 Å². The Labute approximate surface area is 122 Å². The van der Waals surface area contributed by atoms with Gasteiger partial charge in [-0.1, -0.05) is 0 Å². The van der Waals surface area contributed by atoms with Crippen molar-refractivity contribution in [2.45, 2.75) is 25.0 Å². The van der Waals surface area contributed by atoms with Gasteiger partial charge in [0.25, 0.3) is 0 Å². The predicted octanol–water partition coefficient (Wildman–Crippen LogP) is 2.89. The smallest absolute Gasteiger partial charge is 0.340 e. The number of hydrogen-bond donors (Lipinski definition) is 2. The van der Waals surface area contributed by atoms with E-state index in [4.69, 9.17) is 10.5 Å². The Balaban J connectivity index is 2.10. The molecule has 0 saturated carbocycles. The summed E-state index contributed by atoms with van der Waals surface area (Å²) in [4.78, 5) is 11.7. The molecule has 4 nitrogen and oxygen atoms in total. The first-order chi connectivity index (χ1) is 9.61. The molecule has 0 radical (unpaired) electrons. The van der Waals surface area contributed by atoms with E-state index in [1.54, 1.807) is 6.92 Å². The highest BCUT2D eigenvalue weighted by atomic mass is 32.2. The summed E-state index contributed by atoms with van der Waals surface area (Å²) in [5.74, 6) is 0.187. The Morgan fingerprint density at radius 1 is 1.60 bits per heavy atom. The van der Waals surface area contributed by atoms with Gasteiger partial charge >= 0.3 is 5.97 Å². The Kier molecular flexibility index (Phi) is 5.11. The summed E-state index contributed by atoms with van der Waals surface area (Å²) in [5, 5.41) is 3.56. The molecule has 110 valence electrons. The van der Waals surface area contributed by atoms with Crippen molar-refractivity contribution in [2.75, 3.05) is 30.0 Å². The molecule has 0 amide bonds. The highest BCUT2D eigenvalue weighted by molar-refractivity contribution is 8.00. The average molecular weight is 298 g/mol. The lowest BCUT2D eigenvalue weighted by Gasteiger charge is -2.14. The molecule has 1 atom stereocenters. The number of esters is 1.